The number of anilines is 1. The second kappa shape index (κ2) is 8.92. The molecule has 0 aliphatic rings. The van der Waals surface area contributed by atoms with Crippen LogP contribution in [0, 0.1) is 5.82 Å². The third kappa shape index (κ3) is 5.02. The first-order valence-electron chi connectivity index (χ1n) is 8.90. The van der Waals surface area contributed by atoms with Crippen molar-refractivity contribution in [2.75, 3.05) is 5.73 Å². The van der Waals surface area contributed by atoms with Crippen LogP contribution in [-0.4, -0.2) is 22.7 Å². The lowest BCUT2D eigenvalue weighted by Crippen LogP contribution is -2.34. The number of halogens is 2. The number of pyridine rings is 1. The topological polar surface area (TPSA) is 111 Å². The number of carbonyl (C=O) groups is 2. The van der Waals surface area contributed by atoms with Crippen LogP contribution >= 0.6 is 11.6 Å². The highest BCUT2D eigenvalue weighted by atomic mass is 35.5. The van der Waals surface area contributed by atoms with Crippen molar-refractivity contribution >= 4 is 29.1 Å². The molecule has 2 aromatic rings. The number of aromatic nitrogens is 1. The van der Waals surface area contributed by atoms with E-state index in [0.29, 0.717) is 0 Å². The third-order valence-corrected chi connectivity index (χ3v) is 4.35. The fourth-order valence-electron chi connectivity index (χ4n) is 2.73. The minimum absolute atomic E-state index is 0.0291. The maximum absolute atomic E-state index is 15.3. The Morgan fingerprint density at radius 1 is 1.37 bits per heavy atom. The van der Waals surface area contributed by atoms with E-state index in [0.717, 1.165) is 0 Å². The van der Waals surface area contributed by atoms with Crippen molar-refractivity contribution in [3.05, 3.63) is 58.0 Å². The largest absolute Gasteiger partial charge is 0.384 e. The third-order valence-electron chi connectivity index (χ3n) is 4.04. The first-order valence-corrected chi connectivity index (χ1v) is 8.70. The van der Waals surface area contributed by atoms with Gasteiger partial charge in [-0.25, -0.2) is 9.37 Å². The molecular formula is C19H22ClFN4O2. The van der Waals surface area contributed by atoms with Crippen LogP contribution in [0.1, 0.15) is 55.6 Å². The van der Waals surface area contributed by atoms with Crippen molar-refractivity contribution in [1.82, 2.24) is 10.3 Å². The summed E-state index contributed by atoms with van der Waals surface area (Å²) in [5, 5.41) is 2.97. The quantitative estimate of drug-likeness (QED) is 0.597. The molecule has 3 atom stereocenters. The summed E-state index contributed by atoms with van der Waals surface area (Å²) in [7, 11) is 0. The summed E-state index contributed by atoms with van der Waals surface area (Å²) in [5.74, 6) is -1.75. The van der Waals surface area contributed by atoms with Crippen molar-refractivity contribution < 1.29 is 15.4 Å². The van der Waals surface area contributed by atoms with E-state index in [4.69, 9.17) is 24.4 Å². The summed E-state index contributed by atoms with van der Waals surface area (Å²) < 4.78 is 23.4. The Hall–Kier alpha value is -2.51. The fourth-order valence-corrected chi connectivity index (χ4v) is 2.97. The Bertz CT molecular complexity index is 877. The molecule has 0 saturated carbocycles. The van der Waals surface area contributed by atoms with Crippen LogP contribution in [0.2, 0.25) is 5.02 Å². The molecule has 0 bridgehead atoms. The number of nitrogens with one attached hydrogen (secondary N) is 1. The number of rotatable bonds is 8. The summed E-state index contributed by atoms with van der Waals surface area (Å²) in [6.45, 7) is 3.29. The predicted molar refractivity (Wildman–Crippen MR) is 103 cm³/mol. The Balaban J connectivity index is 2.45. The number of carbonyl (C=O) groups excluding carboxylic acids is 2. The number of nitrogen functional groups attached to an aromatic ring is 1. The molecule has 6 nitrogen and oxygen atoms in total. The van der Waals surface area contributed by atoms with Gasteiger partial charge < -0.3 is 16.8 Å². The van der Waals surface area contributed by atoms with Gasteiger partial charge in [0.2, 0.25) is 5.91 Å². The van der Waals surface area contributed by atoms with Crippen LogP contribution in [-0.2, 0) is 4.79 Å². The number of primary amides is 1. The minimum Gasteiger partial charge on any atom is -0.384 e. The zero-order valence-electron chi connectivity index (χ0n) is 16.0. The Kier molecular flexibility index (Phi) is 6.36. The van der Waals surface area contributed by atoms with E-state index < -0.39 is 29.9 Å². The smallest absolute Gasteiger partial charge is 0.218 e. The van der Waals surface area contributed by atoms with Crippen molar-refractivity contribution in [3.8, 4) is 0 Å². The van der Waals surface area contributed by atoms with Gasteiger partial charge in [-0.15, -0.1) is 0 Å². The zero-order valence-corrected chi connectivity index (χ0v) is 15.8. The highest BCUT2D eigenvalue weighted by Gasteiger charge is 2.25. The molecule has 1 amide bonds. The fraction of sp³-hybridized carbons (Fsp3) is 0.316. The first kappa shape index (κ1) is 19.3. The lowest BCUT2D eigenvalue weighted by Gasteiger charge is -2.23. The summed E-state index contributed by atoms with van der Waals surface area (Å²) in [4.78, 5) is 27.7. The van der Waals surface area contributed by atoms with Crippen LogP contribution in [0.25, 0.3) is 0 Å². The van der Waals surface area contributed by atoms with Gasteiger partial charge in [0.15, 0.2) is 5.78 Å². The second-order valence-electron chi connectivity index (χ2n) is 6.18. The number of nitrogens with two attached hydrogens (primary N) is 2. The standard InChI is InChI=1S/C19H22ClFN4O2/c1-3-14(25-10(2)8-16(23)26)12-5-6-13(20)17(18(12)21)19(27)11-4-7-15(22)24-9-11/h4-7,9-10,14,25H,3,8H2,1-2H3,(H2,22,24)(H2,23,26)/t10-,14-/m1/s1/i3D/t3-,10-,14-. The van der Waals surface area contributed by atoms with Gasteiger partial charge in [-0.05, 0) is 31.5 Å². The van der Waals surface area contributed by atoms with Gasteiger partial charge >= 0.3 is 0 Å². The molecule has 0 aliphatic carbocycles. The van der Waals surface area contributed by atoms with Crippen LogP contribution in [0.5, 0.6) is 0 Å². The molecular weight excluding hydrogens is 371 g/mol. The summed E-state index contributed by atoms with van der Waals surface area (Å²) in [6, 6.07) is 4.55. The Morgan fingerprint density at radius 2 is 2.07 bits per heavy atom. The van der Waals surface area contributed by atoms with E-state index in [1.807, 2.05) is 0 Å². The van der Waals surface area contributed by atoms with Gasteiger partial charge in [-0.3, -0.25) is 9.59 Å². The average Bonchev–Trinajstić information content (AvgIpc) is 2.60. The van der Waals surface area contributed by atoms with Gasteiger partial charge in [-0.1, -0.05) is 24.6 Å². The number of benzene rings is 1. The van der Waals surface area contributed by atoms with Crippen LogP contribution in [0.4, 0.5) is 10.2 Å². The van der Waals surface area contributed by atoms with Crippen molar-refractivity contribution in [2.45, 2.75) is 38.7 Å². The molecule has 144 valence electrons. The monoisotopic (exact) mass is 393 g/mol. The second-order valence-corrected chi connectivity index (χ2v) is 6.58. The van der Waals surface area contributed by atoms with E-state index in [1.165, 1.54) is 30.5 Å². The molecule has 2 rings (SSSR count). The molecule has 0 radical (unpaired) electrons. The van der Waals surface area contributed by atoms with Crippen LogP contribution < -0.4 is 16.8 Å². The number of hydrogen-bond donors (Lipinski definition) is 3. The maximum Gasteiger partial charge on any atom is 0.218 e. The molecule has 1 aromatic carbocycles. The molecule has 0 spiro atoms. The molecule has 0 saturated heterocycles. The molecule has 0 fully saturated rings. The van der Waals surface area contributed by atoms with Crippen molar-refractivity contribution in [2.24, 2.45) is 5.73 Å². The van der Waals surface area contributed by atoms with E-state index >= 15 is 4.39 Å². The lowest BCUT2D eigenvalue weighted by molar-refractivity contribution is -0.118. The van der Waals surface area contributed by atoms with Crippen LogP contribution in [0.3, 0.4) is 0 Å². The summed E-state index contributed by atoms with van der Waals surface area (Å²) in [5.41, 5.74) is 10.7. The van der Waals surface area contributed by atoms with Crippen LogP contribution in [0.15, 0.2) is 30.5 Å². The minimum atomic E-state index is -0.822. The molecule has 0 aliphatic heterocycles. The number of hydrogen-bond acceptors (Lipinski definition) is 5. The average molecular weight is 394 g/mol. The number of ketones is 1. The van der Waals surface area contributed by atoms with Gasteiger partial charge in [0, 0.05) is 37.2 Å². The summed E-state index contributed by atoms with van der Waals surface area (Å²) in [6.07, 6.45) is 0.506. The zero-order chi connectivity index (χ0) is 21.0. The molecule has 1 heterocycles. The molecule has 8 heteroatoms. The Labute approximate surface area is 163 Å². The summed E-state index contributed by atoms with van der Waals surface area (Å²) >= 11 is 6.10. The lowest BCUT2D eigenvalue weighted by atomic mass is 9.96. The maximum atomic E-state index is 15.3. The van der Waals surface area contributed by atoms with Gasteiger partial charge in [-0.2, -0.15) is 0 Å². The normalized spacial score (nSPS) is 14.9. The van der Waals surface area contributed by atoms with Crippen molar-refractivity contribution in [1.29, 1.82) is 0 Å². The highest BCUT2D eigenvalue weighted by molar-refractivity contribution is 6.35. The molecule has 0 unspecified atom stereocenters. The van der Waals surface area contributed by atoms with E-state index in [2.05, 4.69) is 10.3 Å². The Morgan fingerprint density at radius 3 is 2.63 bits per heavy atom. The highest BCUT2D eigenvalue weighted by Crippen LogP contribution is 2.30. The van der Waals surface area contributed by atoms with Gasteiger partial charge in [0.25, 0.3) is 0 Å². The number of amides is 1. The first-order chi connectivity index (χ1) is 13.1. The van der Waals surface area contributed by atoms with E-state index in [1.54, 1.807) is 13.8 Å². The molecule has 27 heavy (non-hydrogen) atoms. The predicted octanol–water partition coefficient (Wildman–Crippen LogP) is 2.99. The van der Waals surface area contributed by atoms with Crippen molar-refractivity contribution in [3.63, 3.8) is 0 Å². The van der Waals surface area contributed by atoms with Gasteiger partial charge in [0.1, 0.15) is 11.6 Å². The SMILES string of the molecule is [2H][C@H](C)[C@@H](N[C@H](C)CC(N)=O)c1ccc(Cl)c(C(=O)c2ccc(N)nc2)c1F. The van der Waals surface area contributed by atoms with E-state index in [9.17, 15) is 9.59 Å². The molecule has 1 aromatic heterocycles. The molecule has 5 N–H and O–H groups in total. The van der Waals surface area contributed by atoms with Gasteiger partial charge in [0.05, 0.1) is 10.6 Å². The number of nitrogens with zero attached hydrogens (tertiary/aromatic N) is 1. The van der Waals surface area contributed by atoms with E-state index in [-0.39, 0.29) is 40.0 Å².